The Bertz CT molecular complexity index is 295. The van der Waals surface area contributed by atoms with Crippen LogP contribution in [0.2, 0.25) is 0 Å². The first-order chi connectivity index (χ1) is 12.6. The van der Waals surface area contributed by atoms with Crippen LogP contribution in [0.25, 0.3) is 0 Å². The molecule has 0 aliphatic heterocycles. The van der Waals surface area contributed by atoms with E-state index in [1.165, 1.54) is 0 Å². The third kappa shape index (κ3) is 18.5. The van der Waals surface area contributed by atoms with Gasteiger partial charge in [-0.05, 0) is 19.3 Å². The van der Waals surface area contributed by atoms with Crippen molar-refractivity contribution in [1.29, 1.82) is 0 Å². The molecule has 0 saturated carbocycles. The highest BCUT2D eigenvalue weighted by Crippen LogP contribution is 2.21. The van der Waals surface area contributed by atoms with E-state index in [-0.39, 0.29) is 74.1 Å². The molecule has 0 unspecified atom stereocenters. The highest BCUT2D eigenvalue weighted by atomic mass is 16.5. The Labute approximate surface area is 169 Å². The zero-order chi connectivity index (χ0) is 19.5. The van der Waals surface area contributed by atoms with Gasteiger partial charge in [0.25, 0.3) is 0 Å². The van der Waals surface area contributed by atoms with E-state index >= 15 is 0 Å². The molecule has 0 atom stereocenters. The molecule has 0 spiro atoms. The standard InChI is InChI=1S/C17H34O9.2CH4/c18-5-1-8-23-12-17(13-24-9-2-6-19,14-25-10-3-7-20)15-26-11-4-16(21)22;;/h18-20H,1-15H2,(H,21,22);2*1H4. The van der Waals surface area contributed by atoms with Gasteiger partial charge in [-0.1, -0.05) is 14.9 Å². The molecule has 9 nitrogen and oxygen atoms in total. The maximum absolute atomic E-state index is 10.6. The summed E-state index contributed by atoms with van der Waals surface area (Å²) in [5.74, 6) is -0.937. The largest absolute Gasteiger partial charge is 0.481 e. The minimum Gasteiger partial charge on any atom is -0.481 e. The second-order valence-electron chi connectivity index (χ2n) is 6.09. The summed E-state index contributed by atoms with van der Waals surface area (Å²) in [4.78, 5) is 10.6. The van der Waals surface area contributed by atoms with Gasteiger partial charge in [0.1, 0.15) is 0 Å². The lowest BCUT2D eigenvalue weighted by Crippen LogP contribution is -2.42. The molecule has 9 heteroatoms. The molecule has 0 aromatic rings. The van der Waals surface area contributed by atoms with Crippen molar-refractivity contribution >= 4 is 5.97 Å². The van der Waals surface area contributed by atoms with Crippen LogP contribution < -0.4 is 0 Å². The van der Waals surface area contributed by atoms with Gasteiger partial charge in [-0.15, -0.1) is 0 Å². The van der Waals surface area contributed by atoms with Gasteiger partial charge < -0.3 is 39.4 Å². The molecule has 0 aliphatic carbocycles. The molecule has 172 valence electrons. The molecular weight excluding hydrogens is 372 g/mol. The molecule has 0 rings (SSSR count). The average Bonchev–Trinajstić information content (AvgIpc) is 2.63. The van der Waals surface area contributed by atoms with Crippen LogP contribution in [0.15, 0.2) is 0 Å². The Balaban J connectivity index is -0.00000312. The molecular formula is C19H42O9. The van der Waals surface area contributed by atoms with Crippen molar-refractivity contribution < 1.29 is 44.2 Å². The Morgan fingerprint density at radius 2 is 0.964 bits per heavy atom. The van der Waals surface area contributed by atoms with Crippen LogP contribution >= 0.6 is 0 Å². The van der Waals surface area contributed by atoms with Gasteiger partial charge in [0.2, 0.25) is 0 Å². The number of aliphatic carboxylic acids is 1. The fraction of sp³-hybridized carbons (Fsp3) is 0.947. The number of carbonyl (C=O) groups is 1. The number of hydrogen-bond acceptors (Lipinski definition) is 8. The summed E-state index contributed by atoms with van der Waals surface area (Å²) < 4.78 is 22.4. The second kappa shape index (κ2) is 22.5. The summed E-state index contributed by atoms with van der Waals surface area (Å²) in [7, 11) is 0. The van der Waals surface area contributed by atoms with Crippen molar-refractivity contribution in [2.24, 2.45) is 5.41 Å². The van der Waals surface area contributed by atoms with E-state index in [4.69, 9.17) is 39.4 Å². The highest BCUT2D eigenvalue weighted by molar-refractivity contribution is 5.66. The van der Waals surface area contributed by atoms with Gasteiger partial charge in [-0.2, -0.15) is 0 Å². The van der Waals surface area contributed by atoms with Gasteiger partial charge in [0.05, 0.1) is 44.9 Å². The molecule has 0 bridgehead atoms. The molecule has 0 amide bonds. The summed E-state index contributed by atoms with van der Waals surface area (Å²) in [6.45, 7) is 2.27. The molecule has 0 aliphatic rings. The van der Waals surface area contributed by atoms with Crippen molar-refractivity contribution in [2.45, 2.75) is 40.5 Å². The van der Waals surface area contributed by atoms with Gasteiger partial charge >= 0.3 is 5.97 Å². The first-order valence-electron chi connectivity index (χ1n) is 8.95. The first-order valence-corrected chi connectivity index (χ1v) is 8.95. The molecule has 28 heavy (non-hydrogen) atoms. The predicted octanol–water partition coefficient (Wildman–Crippen LogP) is 0.933. The van der Waals surface area contributed by atoms with E-state index in [9.17, 15) is 4.79 Å². The molecule has 0 aromatic heterocycles. The van der Waals surface area contributed by atoms with Crippen LogP contribution in [0.4, 0.5) is 0 Å². The van der Waals surface area contributed by atoms with Gasteiger partial charge in [0, 0.05) is 39.6 Å². The Morgan fingerprint density at radius 3 is 1.25 bits per heavy atom. The SMILES string of the molecule is C.C.O=C(O)CCOCC(COCCCO)(COCCCO)COCCCO. The lowest BCUT2D eigenvalue weighted by molar-refractivity contribution is -0.140. The monoisotopic (exact) mass is 414 g/mol. The number of aliphatic hydroxyl groups excluding tert-OH is 3. The van der Waals surface area contributed by atoms with E-state index in [1.807, 2.05) is 0 Å². The highest BCUT2D eigenvalue weighted by Gasteiger charge is 2.32. The zero-order valence-corrected chi connectivity index (χ0v) is 15.4. The average molecular weight is 415 g/mol. The van der Waals surface area contributed by atoms with Crippen LogP contribution in [0.1, 0.15) is 40.5 Å². The van der Waals surface area contributed by atoms with Crippen molar-refractivity contribution in [3.8, 4) is 0 Å². The molecule has 0 radical (unpaired) electrons. The summed E-state index contributed by atoms with van der Waals surface area (Å²) in [6, 6.07) is 0. The topological polar surface area (TPSA) is 135 Å². The lowest BCUT2D eigenvalue weighted by atomic mass is 9.92. The van der Waals surface area contributed by atoms with Crippen LogP contribution in [0.5, 0.6) is 0 Å². The van der Waals surface area contributed by atoms with Gasteiger partial charge in [-0.3, -0.25) is 4.79 Å². The number of hydrogen-bond donors (Lipinski definition) is 4. The third-order valence-corrected chi connectivity index (χ3v) is 3.43. The van der Waals surface area contributed by atoms with E-state index in [0.717, 1.165) is 0 Å². The number of aliphatic hydroxyl groups is 3. The molecule has 4 N–H and O–H groups in total. The number of ether oxygens (including phenoxy) is 4. The van der Waals surface area contributed by atoms with Crippen molar-refractivity contribution in [1.82, 2.24) is 0 Å². The maximum Gasteiger partial charge on any atom is 0.305 e. The smallest absolute Gasteiger partial charge is 0.305 e. The molecule has 0 saturated heterocycles. The predicted molar refractivity (Wildman–Crippen MR) is 107 cm³/mol. The molecule has 0 fully saturated rings. The van der Waals surface area contributed by atoms with E-state index < -0.39 is 11.4 Å². The van der Waals surface area contributed by atoms with Crippen LogP contribution in [-0.4, -0.2) is 99.1 Å². The Hall–Kier alpha value is -0.810. The van der Waals surface area contributed by atoms with Crippen LogP contribution in [0, 0.1) is 5.41 Å². The Kier molecular flexibility index (Phi) is 25.6. The van der Waals surface area contributed by atoms with E-state index in [0.29, 0.717) is 39.1 Å². The molecule has 0 aromatic carbocycles. The summed E-state index contributed by atoms with van der Waals surface area (Å²) >= 11 is 0. The van der Waals surface area contributed by atoms with E-state index in [1.54, 1.807) is 0 Å². The van der Waals surface area contributed by atoms with Crippen molar-refractivity contribution in [3.05, 3.63) is 0 Å². The normalized spacial score (nSPS) is 11.0. The lowest BCUT2D eigenvalue weighted by Gasteiger charge is -2.33. The van der Waals surface area contributed by atoms with Gasteiger partial charge in [-0.25, -0.2) is 0 Å². The fourth-order valence-electron chi connectivity index (χ4n) is 2.06. The summed E-state index contributed by atoms with van der Waals surface area (Å²) in [5, 5.41) is 35.3. The van der Waals surface area contributed by atoms with Gasteiger partial charge in [0.15, 0.2) is 0 Å². The fourth-order valence-corrected chi connectivity index (χ4v) is 2.06. The summed E-state index contributed by atoms with van der Waals surface area (Å²) in [5.41, 5.74) is -0.640. The minimum absolute atomic E-state index is 0. The first kappa shape index (κ1) is 31.9. The number of carboxylic acids is 1. The van der Waals surface area contributed by atoms with Crippen molar-refractivity contribution in [3.63, 3.8) is 0 Å². The molecule has 0 heterocycles. The minimum atomic E-state index is -0.937. The number of rotatable bonds is 20. The van der Waals surface area contributed by atoms with E-state index in [2.05, 4.69) is 0 Å². The maximum atomic E-state index is 10.6. The summed E-state index contributed by atoms with van der Waals surface area (Å²) in [6.07, 6.45) is 1.42. The Morgan fingerprint density at radius 1 is 0.643 bits per heavy atom. The van der Waals surface area contributed by atoms with Crippen LogP contribution in [0.3, 0.4) is 0 Å². The quantitative estimate of drug-likeness (QED) is 0.215. The van der Waals surface area contributed by atoms with Crippen molar-refractivity contribution in [2.75, 3.05) is 72.7 Å². The second-order valence-corrected chi connectivity index (χ2v) is 6.09. The van der Waals surface area contributed by atoms with Crippen LogP contribution in [-0.2, 0) is 23.7 Å². The number of carboxylic acid groups (broad SMARTS) is 1. The third-order valence-electron chi connectivity index (χ3n) is 3.43. The zero-order valence-electron chi connectivity index (χ0n) is 15.4.